The molecule has 0 saturated carbocycles. The monoisotopic (exact) mass is 1140 g/mol. The van der Waals surface area contributed by atoms with Crippen LogP contribution in [0.4, 0.5) is 0 Å². The van der Waals surface area contributed by atoms with Gasteiger partial charge in [-0.05, 0) is 77.0 Å². The minimum absolute atomic E-state index is 0. The van der Waals surface area contributed by atoms with Crippen molar-refractivity contribution in [3.63, 3.8) is 0 Å². The van der Waals surface area contributed by atoms with Gasteiger partial charge in [0.1, 0.15) is 12.2 Å². The van der Waals surface area contributed by atoms with E-state index in [1.54, 1.807) is 0 Å². The topological polar surface area (TPSA) is 133 Å². The summed E-state index contributed by atoms with van der Waals surface area (Å²) in [5.74, 6) is -1.80. The second kappa shape index (κ2) is 68.8. The Morgan fingerprint density at radius 3 is 0.623 bits per heavy atom. The van der Waals surface area contributed by atoms with E-state index in [0.717, 1.165) is 128 Å². The molecule has 0 saturated heterocycles. The van der Waals surface area contributed by atoms with E-state index < -0.39 is 11.9 Å². The largest absolute Gasteiger partial charge is 2.00 e. The molecule has 0 amide bonds. The zero-order valence-electron chi connectivity index (χ0n) is 52.1. The second-order valence-electron chi connectivity index (χ2n) is 23.4. The fraction of sp³-hybridized carbons (Fsp3) is 0.941. The third-order valence-corrected chi connectivity index (χ3v) is 15.6. The zero-order chi connectivity index (χ0) is 55.9. The van der Waals surface area contributed by atoms with Crippen LogP contribution in [0.15, 0.2) is 0 Å². The second-order valence-corrected chi connectivity index (χ2v) is 23.4. The van der Waals surface area contributed by atoms with Gasteiger partial charge in [-0.25, -0.2) is 0 Å². The van der Waals surface area contributed by atoms with E-state index in [1.165, 1.54) is 218 Å². The van der Waals surface area contributed by atoms with Crippen molar-refractivity contribution in [3.05, 3.63) is 0 Å². The molecule has 0 spiro atoms. The van der Waals surface area contributed by atoms with E-state index in [0.29, 0.717) is 12.8 Å². The average molecular weight is 1140 g/mol. The summed E-state index contributed by atoms with van der Waals surface area (Å²) in [5.41, 5.74) is 0. The van der Waals surface area contributed by atoms with Crippen molar-refractivity contribution in [1.82, 2.24) is 0 Å². The molecule has 0 radical (unpaired) electrons. The Morgan fingerprint density at radius 2 is 0.416 bits per heavy atom. The van der Waals surface area contributed by atoms with Crippen molar-refractivity contribution < 1.29 is 58.3 Å². The molecule has 0 aliphatic heterocycles. The minimum Gasteiger partial charge on any atom is -0.550 e. The Kier molecular flexibility index (Phi) is 71.2. The first-order chi connectivity index (χ1) is 37.2. The summed E-state index contributed by atoms with van der Waals surface area (Å²) >= 11 is 0. The quantitative estimate of drug-likeness (QED) is 0.0334. The third-order valence-electron chi connectivity index (χ3n) is 15.6. The van der Waals surface area contributed by atoms with Gasteiger partial charge >= 0.3 is 31.4 Å². The van der Waals surface area contributed by atoms with Crippen LogP contribution in [0.3, 0.4) is 0 Å². The molecule has 0 aromatic heterocycles. The molecule has 0 bridgehead atoms. The van der Waals surface area contributed by atoms with Gasteiger partial charge in [-0.3, -0.25) is 9.59 Å². The molecular weight excluding hydrogens is 1010 g/mol. The van der Waals surface area contributed by atoms with Gasteiger partial charge in [-0.15, -0.1) is 0 Å². The van der Waals surface area contributed by atoms with E-state index in [-0.39, 0.29) is 56.5 Å². The fourth-order valence-corrected chi connectivity index (χ4v) is 10.6. The molecule has 0 aromatic carbocycles. The molecule has 0 rings (SSSR count). The van der Waals surface area contributed by atoms with Crippen molar-refractivity contribution in [2.45, 2.75) is 412 Å². The molecule has 452 valence electrons. The minimum atomic E-state index is -0.925. The number of esters is 2. The van der Waals surface area contributed by atoms with Crippen LogP contribution in [0, 0.1) is 0 Å². The standard InChI is InChI=1S/2C34H66O4.Zn/c2*1-3-5-7-8-9-10-11-12-13-18-21-24-27-31-34(37)38-32(28-6-4-2)29-25-22-19-16-14-15-17-20-23-26-30-33(35)36;/h2*32H,3-31H2,1-2H3,(H,35,36);/q;;+2/p-2. The molecule has 0 aliphatic rings. The molecule has 0 fully saturated rings. The van der Waals surface area contributed by atoms with Gasteiger partial charge in [0.25, 0.3) is 0 Å². The summed E-state index contributed by atoms with van der Waals surface area (Å²) in [6, 6.07) is 0. The van der Waals surface area contributed by atoms with Crippen LogP contribution in [0.2, 0.25) is 0 Å². The number of hydrogen-bond acceptors (Lipinski definition) is 8. The Hall–Kier alpha value is -1.50. The van der Waals surface area contributed by atoms with Crippen molar-refractivity contribution in [2.24, 2.45) is 0 Å². The first-order valence-electron chi connectivity index (χ1n) is 34.0. The number of rotatable bonds is 62. The molecule has 2 unspecified atom stereocenters. The fourth-order valence-electron chi connectivity index (χ4n) is 10.6. The van der Waals surface area contributed by atoms with Crippen LogP contribution in [0.1, 0.15) is 400 Å². The summed E-state index contributed by atoms with van der Waals surface area (Å²) in [7, 11) is 0. The number of carbonyl (C=O) groups is 4. The maximum atomic E-state index is 12.4. The zero-order valence-corrected chi connectivity index (χ0v) is 55.1. The summed E-state index contributed by atoms with van der Waals surface area (Å²) in [6.45, 7) is 8.96. The maximum Gasteiger partial charge on any atom is 2.00 e. The van der Waals surface area contributed by atoms with Crippen molar-refractivity contribution in [1.29, 1.82) is 0 Å². The predicted molar refractivity (Wildman–Crippen MR) is 320 cm³/mol. The van der Waals surface area contributed by atoms with Crippen molar-refractivity contribution in [2.75, 3.05) is 0 Å². The van der Waals surface area contributed by atoms with Gasteiger partial charge in [0, 0.05) is 24.8 Å². The van der Waals surface area contributed by atoms with E-state index in [4.69, 9.17) is 9.47 Å². The number of hydrogen-bond donors (Lipinski definition) is 0. The van der Waals surface area contributed by atoms with Gasteiger partial charge in [-0.1, -0.05) is 310 Å². The first-order valence-corrected chi connectivity index (χ1v) is 34.0. The summed E-state index contributed by atoms with van der Waals surface area (Å²) in [5, 5.41) is 20.8. The Balaban J connectivity index is -0.00000140. The van der Waals surface area contributed by atoms with Crippen LogP contribution in [0.5, 0.6) is 0 Å². The van der Waals surface area contributed by atoms with E-state index in [2.05, 4.69) is 27.7 Å². The Bertz CT molecular complexity index is 1110. The van der Waals surface area contributed by atoms with Crippen molar-refractivity contribution in [3.8, 4) is 0 Å². The van der Waals surface area contributed by atoms with Crippen LogP contribution in [-0.2, 0) is 48.1 Å². The molecule has 2 atom stereocenters. The van der Waals surface area contributed by atoms with E-state index in [9.17, 15) is 29.4 Å². The van der Waals surface area contributed by atoms with E-state index in [1.807, 2.05) is 0 Å². The maximum absolute atomic E-state index is 12.4. The number of carboxylic acid groups (broad SMARTS) is 2. The number of carboxylic acids is 2. The molecular formula is C68H130O8Zn. The summed E-state index contributed by atoms with van der Waals surface area (Å²) < 4.78 is 11.8. The molecule has 0 aliphatic carbocycles. The Morgan fingerprint density at radius 1 is 0.247 bits per heavy atom. The van der Waals surface area contributed by atoms with Crippen molar-refractivity contribution >= 4 is 23.9 Å². The van der Waals surface area contributed by atoms with Gasteiger partial charge in [0.05, 0.1) is 0 Å². The Labute approximate surface area is 492 Å². The van der Waals surface area contributed by atoms with Crippen LogP contribution in [-0.4, -0.2) is 36.1 Å². The number of carbonyl (C=O) groups excluding carboxylic acids is 4. The SMILES string of the molecule is CCCCCCCCCCCCCCCC(=O)OC(CCCC)CCCCCCCCCCCCC(=O)[O-].CCCCCCCCCCCCCCCC(=O)OC(CCCC)CCCCCCCCCCCCC(=O)[O-].[Zn+2]. The van der Waals surface area contributed by atoms with E-state index >= 15 is 0 Å². The van der Waals surface area contributed by atoms with Gasteiger partial charge in [0.15, 0.2) is 0 Å². The number of aliphatic carboxylic acids is 2. The smallest absolute Gasteiger partial charge is 0.550 e. The van der Waals surface area contributed by atoms with Crippen LogP contribution >= 0.6 is 0 Å². The van der Waals surface area contributed by atoms with Gasteiger partial charge < -0.3 is 29.3 Å². The average Bonchev–Trinajstić information content (AvgIpc) is 3.40. The predicted octanol–water partition coefficient (Wildman–Crippen LogP) is 20.0. The normalized spacial score (nSPS) is 11.9. The summed E-state index contributed by atoms with van der Waals surface area (Å²) in [6.07, 6.45) is 68.0. The van der Waals surface area contributed by atoms with Crippen LogP contribution in [0.25, 0.3) is 0 Å². The van der Waals surface area contributed by atoms with Gasteiger partial charge in [0.2, 0.25) is 0 Å². The molecule has 0 aromatic rings. The molecule has 0 N–H and O–H groups in total. The number of unbranched alkanes of at least 4 members (excludes halogenated alkanes) is 44. The summed E-state index contributed by atoms with van der Waals surface area (Å²) in [4.78, 5) is 45.6. The molecule has 8 nitrogen and oxygen atoms in total. The third kappa shape index (κ3) is 70.6. The first kappa shape index (κ1) is 79.7. The van der Waals surface area contributed by atoms with Crippen LogP contribution < -0.4 is 10.2 Å². The number of ether oxygens (including phenoxy) is 2. The molecule has 77 heavy (non-hydrogen) atoms. The molecule has 9 heteroatoms. The molecule has 0 heterocycles. The van der Waals surface area contributed by atoms with Gasteiger partial charge in [-0.2, -0.15) is 0 Å².